The maximum Gasteiger partial charge on any atom is 0.265 e. The smallest absolute Gasteiger partial charge is 0.265 e. The first kappa shape index (κ1) is 16.3. The maximum atomic E-state index is 12.7. The first-order valence-corrected chi connectivity index (χ1v) is 9.55. The van der Waals surface area contributed by atoms with Gasteiger partial charge in [0.15, 0.2) is 0 Å². The lowest BCUT2D eigenvalue weighted by Crippen LogP contribution is -2.13. The number of hydrogen-bond acceptors (Lipinski definition) is 4. The van der Waals surface area contributed by atoms with Crippen LogP contribution < -0.4 is 4.72 Å². The summed E-state index contributed by atoms with van der Waals surface area (Å²) in [6.07, 6.45) is 1.45. The third kappa shape index (κ3) is 3.23. The van der Waals surface area contributed by atoms with Crippen molar-refractivity contribution in [3.8, 4) is 10.6 Å². The third-order valence-corrected chi connectivity index (χ3v) is 6.10. The van der Waals surface area contributed by atoms with Gasteiger partial charge in [-0.15, -0.1) is 11.3 Å². The highest BCUT2D eigenvalue weighted by atomic mass is 35.5. The summed E-state index contributed by atoms with van der Waals surface area (Å²) < 4.78 is 29.4. The van der Waals surface area contributed by atoms with E-state index in [0.29, 0.717) is 5.69 Å². The zero-order valence-corrected chi connectivity index (χ0v) is 15.0. The second kappa shape index (κ2) is 6.16. The molecule has 0 unspecified atom stereocenters. The van der Waals surface area contributed by atoms with E-state index in [1.165, 1.54) is 22.2 Å². The number of nitrogens with zero attached hydrogens (tertiary/aromatic N) is 2. The minimum absolute atomic E-state index is 0.0819. The molecule has 0 bridgehead atoms. The number of sulfonamides is 1. The predicted molar refractivity (Wildman–Crippen MR) is 93.8 cm³/mol. The molecular weight excluding hydrogens is 377 g/mol. The molecule has 0 aliphatic carbocycles. The molecule has 2 aromatic heterocycles. The van der Waals surface area contributed by atoms with Crippen LogP contribution in [-0.2, 0) is 17.1 Å². The second-order valence-corrected chi connectivity index (χ2v) is 8.08. The topological polar surface area (TPSA) is 64.0 Å². The third-order valence-electron chi connectivity index (χ3n) is 3.04. The molecule has 3 rings (SSSR count). The van der Waals surface area contributed by atoms with Gasteiger partial charge in [0.2, 0.25) is 0 Å². The number of hydrogen-bond donors (Lipinski definition) is 1. The van der Waals surface area contributed by atoms with Crippen LogP contribution in [0.5, 0.6) is 0 Å². The summed E-state index contributed by atoms with van der Waals surface area (Å²) in [7, 11) is -2.19. The van der Waals surface area contributed by atoms with Crippen molar-refractivity contribution >= 4 is 50.2 Å². The van der Waals surface area contributed by atoms with Crippen molar-refractivity contribution in [1.29, 1.82) is 0 Å². The van der Waals surface area contributed by atoms with Crippen LogP contribution in [0.25, 0.3) is 10.6 Å². The van der Waals surface area contributed by atoms with Crippen molar-refractivity contribution in [2.24, 2.45) is 7.05 Å². The molecular formula is C14H11Cl2N3O2S2. The summed E-state index contributed by atoms with van der Waals surface area (Å²) in [4.78, 5) is 0.849. The van der Waals surface area contributed by atoms with Crippen molar-refractivity contribution in [3.05, 3.63) is 52.0 Å². The molecule has 1 aromatic carbocycles. The molecule has 0 fully saturated rings. The highest BCUT2D eigenvalue weighted by Gasteiger charge is 2.24. The quantitative estimate of drug-likeness (QED) is 0.727. The van der Waals surface area contributed by atoms with Crippen molar-refractivity contribution in [1.82, 2.24) is 9.78 Å². The van der Waals surface area contributed by atoms with Gasteiger partial charge in [0, 0.05) is 13.2 Å². The van der Waals surface area contributed by atoms with Crippen LogP contribution in [0.15, 0.2) is 46.8 Å². The van der Waals surface area contributed by atoms with Gasteiger partial charge in [0.1, 0.15) is 10.6 Å². The number of aromatic nitrogens is 2. The molecule has 23 heavy (non-hydrogen) atoms. The molecule has 0 aliphatic heterocycles. The van der Waals surface area contributed by atoms with Gasteiger partial charge in [-0.05, 0) is 23.6 Å². The van der Waals surface area contributed by atoms with Crippen molar-refractivity contribution in [3.63, 3.8) is 0 Å². The van der Waals surface area contributed by atoms with E-state index >= 15 is 0 Å². The minimum Gasteiger partial charge on any atom is -0.278 e. The first-order valence-electron chi connectivity index (χ1n) is 6.43. The fourth-order valence-electron chi connectivity index (χ4n) is 2.03. The lowest BCUT2D eigenvalue weighted by Gasteiger charge is -2.10. The van der Waals surface area contributed by atoms with Gasteiger partial charge in [-0.3, -0.25) is 9.40 Å². The average molecular weight is 388 g/mol. The number of anilines is 1. The number of thiophene rings is 1. The second-order valence-electron chi connectivity index (χ2n) is 4.70. The number of aryl methyl sites for hydroxylation is 1. The van der Waals surface area contributed by atoms with Crippen LogP contribution in [0, 0.1) is 0 Å². The highest BCUT2D eigenvalue weighted by molar-refractivity contribution is 7.92. The molecule has 2 heterocycles. The van der Waals surface area contributed by atoms with Gasteiger partial charge in [0.05, 0.1) is 20.6 Å². The van der Waals surface area contributed by atoms with Crippen molar-refractivity contribution in [2.75, 3.05) is 4.72 Å². The Balaban J connectivity index is 2.06. The highest BCUT2D eigenvalue weighted by Crippen LogP contribution is 2.34. The Labute approximate surface area is 147 Å². The molecule has 1 N–H and O–H groups in total. The Morgan fingerprint density at radius 1 is 1.22 bits per heavy atom. The van der Waals surface area contributed by atoms with E-state index < -0.39 is 10.0 Å². The van der Waals surface area contributed by atoms with Crippen LogP contribution in [0.4, 0.5) is 5.69 Å². The Kier molecular flexibility index (Phi) is 4.37. The van der Waals surface area contributed by atoms with Crippen LogP contribution >= 0.6 is 34.5 Å². The van der Waals surface area contributed by atoms with Crippen LogP contribution in [-0.4, -0.2) is 18.2 Å². The Morgan fingerprint density at radius 3 is 2.70 bits per heavy atom. The largest absolute Gasteiger partial charge is 0.278 e. The summed E-state index contributed by atoms with van der Waals surface area (Å²) in [5, 5.41) is 6.54. The lowest BCUT2D eigenvalue weighted by molar-refractivity contribution is 0.601. The molecule has 0 saturated carbocycles. The van der Waals surface area contributed by atoms with Gasteiger partial charge in [-0.25, -0.2) is 8.42 Å². The van der Waals surface area contributed by atoms with E-state index in [-0.39, 0.29) is 20.6 Å². The Hall–Kier alpha value is -1.54. The van der Waals surface area contributed by atoms with E-state index in [4.69, 9.17) is 23.2 Å². The first-order chi connectivity index (χ1) is 10.9. The Bertz CT molecular complexity index is 951. The van der Waals surface area contributed by atoms with Crippen LogP contribution in [0.2, 0.25) is 10.0 Å². The number of nitrogens with one attached hydrogen (secondary N) is 1. The predicted octanol–water partition coefficient (Wildman–Crippen LogP) is 4.26. The summed E-state index contributed by atoms with van der Waals surface area (Å²) in [6.45, 7) is 0. The summed E-state index contributed by atoms with van der Waals surface area (Å²) >= 11 is 13.4. The molecule has 3 aromatic rings. The van der Waals surface area contributed by atoms with Crippen LogP contribution in [0.1, 0.15) is 0 Å². The molecule has 0 atom stereocenters. The molecule has 0 saturated heterocycles. The fourth-order valence-corrected chi connectivity index (χ4v) is 4.49. The van der Waals surface area contributed by atoms with E-state index in [1.54, 1.807) is 25.2 Å². The van der Waals surface area contributed by atoms with E-state index in [1.807, 2.05) is 17.5 Å². The summed E-state index contributed by atoms with van der Waals surface area (Å²) in [5.74, 6) is 0. The van der Waals surface area contributed by atoms with E-state index in [2.05, 4.69) is 9.82 Å². The molecule has 9 heteroatoms. The van der Waals surface area contributed by atoms with E-state index in [0.717, 1.165) is 4.88 Å². The zero-order valence-electron chi connectivity index (χ0n) is 11.8. The summed E-state index contributed by atoms with van der Waals surface area (Å²) in [6, 6.07) is 8.41. The maximum absolute atomic E-state index is 12.7. The van der Waals surface area contributed by atoms with Gasteiger partial charge >= 0.3 is 0 Å². The Morgan fingerprint density at radius 2 is 2.00 bits per heavy atom. The lowest BCUT2D eigenvalue weighted by atomic mass is 10.3. The van der Waals surface area contributed by atoms with Gasteiger partial charge < -0.3 is 0 Å². The molecule has 0 aliphatic rings. The monoisotopic (exact) mass is 387 g/mol. The van der Waals surface area contributed by atoms with Crippen molar-refractivity contribution < 1.29 is 8.42 Å². The average Bonchev–Trinajstić information content (AvgIpc) is 3.12. The molecule has 0 spiro atoms. The van der Waals surface area contributed by atoms with E-state index in [9.17, 15) is 8.42 Å². The molecule has 5 nitrogen and oxygen atoms in total. The van der Waals surface area contributed by atoms with Gasteiger partial charge in [0.25, 0.3) is 10.0 Å². The minimum atomic E-state index is -3.86. The molecule has 0 amide bonds. The number of rotatable bonds is 4. The van der Waals surface area contributed by atoms with Crippen LogP contribution in [0.3, 0.4) is 0 Å². The molecule has 120 valence electrons. The summed E-state index contributed by atoms with van der Waals surface area (Å²) in [5.41, 5.74) is 0.619. The van der Waals surface area contributed by atoms with Crippen molar-refractivity contribution in [2.45, 2.75) is 4.90 Å². The normalized spacial score (nSPS) is 11.6. The molecule has 0 radical (unpaired) electrons. The zero-order chi connectivity index (χ0) is 16.6. The SMILES string of the molecule is Cn1cc(S(=O)(=O)Nc2cccc(Cl)c2Cl)c(-c2cccs2)n1. The number of halogens is 2. The number of benzene rings is 1. The van der Waals surface area contributed by atoms with Gasteiger partial charge in [-0.2, -0.15) is 5.10 Å². The fraction of sp³-hybridized carbons (Fsp3) is 0.0714. The standard InChI is InChI=1S/C14H11Cl2N3O2S2/c1-19-8-12(14(17-19)11-6-3-7-22-11)23(20,21)18-10-5-2-4-9(15)13(10)16/h2-8,18H,1H3. The van der Waals surface area contributed by atoms with Gasteiger partial charge in [-0.1, -0.05) is 35.3 Å².